The van der Waals surface area contributed by atoms with Crippen molar-refractivity contribution >= 4 is 34.4 Å². The Morgan fingerprint density at radius 2 is 1.79 bits per heavy atom. The zero-order valence-electron chi connectivity index (χ0n) is 16.8. The first-order valence-corrected chi connectivity index (χ1v) is 11.6. The van der Waals surface area contributed by atoms with Gasteiger partial charge in [-0.15, -0.1) is 11.3 Å². The van der Waals surface area contributed by atoms with E-state index in [1.165, 1.54) is 33.8 Å². The van der Waals surface area contributed by atoms with Gasteiger partial charge in [0.2, 0.25) is 0 Å². The Hall–Kier alpha value is -1.36. The molecule has 2 aliphatic rings. The van der Waals surface area contributed by atoms with Gasteiger partial charge in [0.15, 0.2) is 5.78 Å². The molecule has 1 aliphatic heterocycles. The molecule has 1 fully saturated rings. The molecule has 0 radical (unpaired) electrons. The second kappa shape index (κ2) is 8.56. The Balaban J connectivity index is 1.36. The quantitative estimate of drug-likeness (QED) is 0.612. The third kappa shape index (κ3) is 4.14. The number of nitrogens with zero attached hydrogens (tertiary/aromatic N) is 2. The van der Waals surface area contributed by atoms with Crippen LogP contribution >= 0.6 is 22.9 Å². The molecule has 0 saturated carbocycles. The second-order valence-electron chi connectivity index (χ2n) is 8.12. The van der Waals surface area contributed by atoms with Crippen LogP contribution in [0.4, 0.5) is 5.69 Å². The Morgan fingerprint density at radius 3 is 2.50 bits per heavy atom. The lowest BCUT2D eigenvalue weighted by Gasteiger charge is -2.39. The van der Waals surface area contributed by atoms with Crippen molar-refractivity contribution in [1.82, 2.24) is 4.90 Å². The van der Waals surface area contributed by atoms with Crippen LogP contribution in [0.25, 0.3) is 0 Å². The first kappa shape index (κ1) is 19.9. The van der Waals surface area contributed by atoms with Gasteiger partial charge in [0.05, 0.1) is 0 Å². The third-order valence-electron chi connectivity index (χ3n) is 6.24. The minimum Gasteiger partial charge on any atom is -0.369 e. The largest absolute Gasteiger partial charge is 0.369 e. The lowest BCUT2D eigenvalue weighted by Crippen LogP contribution is -2.50. The molecule has 4 rings (SSSR count). The molecule has 150 valence electrons. The summed E-state index contributed by atoms with van der Waals surface area (Å²) in [7, 11) is 0. The molecule has 2 heterocycles. The number of carbonyl (C=O) groups is 1. The van der Waals surface area contributed by atoms with Crippen molar-refractivity contribution in [1.29, 1.82) is 0 Å². The number of anilines is 1. The molecule has 1 aliphatic carbocycles. The molecule has 0 N–H and O–H groups in total. The Morgan fingerprint density at radius 1 is 1.11 bits per heavy atom. The zero-order chi connectivity index (χ0) is 19.7. The Bertz CT molecular complexity index is 837. The van der Waals surface area contributed by atoms with E-state index in [1.54, 1.807) is 0 Å². The van der Waals surface area contributed by atoms with E-state index in [-0.39, 0.29) is 0 Å². The standard InChI is InChI=1S/C23H29ClN2OS/c1-16(15-21(27)23-17(2)28-22-6-4-3-5-20(22)23)25-11-13-26(14-12-25)19-9-7-18(24)8-10-19/h7-10,16H,3-6,11-15H2,1-2H3. The third-order valence-corrected chi connectivity index (χ3v) is 7.70. The van der Waals surface area contributed by atoms with E-state index in [9.17, 15) is 4.79 Å². The maximum atomic E-state index is 13.1. The number of hydrogen-bond acceptors (Lipinski definition) is 4. The highest BCUT2D eigenvalue weighted by molar-refractivity contribution is 7.12. The topological polar surface area (TPSA) is 23.6 Å². The van der Waals surface area contributed by atoms with Gasteiger partial charge in [0, 0.05) is 64.7 Å². The van der Waals surface area contributed by atoms with E-state index in [0.29, 0.717) is 18.2 Å². The molecular formula is C23H29ClN2OS. The molecule has 1 atom stereocenters. The van der Waals surface area contributed by atoms with Crippen LogP contribution in [0.2, 0.25) is 5.02 Å². The fourth-order valence-electron chi connectivity index (χ4n) is 4.64. The van der Waals surface area contributed by atoms with E-state index in [2.05, 4.69) is 35.8 Å². The number of carbonyl (C=O) groups excluding carboxylic acids is 1. The van der Waals surface area contributed by atoms with Gasteiger partial charge in [0.1, 0.15) is 0 Å². The van der Waals surface area contributed by atoms with E-state index < -0.39 is 0 Å². The highest BCUT2D eigenvalue weighted by Crippen LogP contribution is 2.35. The van der Waals surface area contributed by atoms with Gasteiger partial charge in [-0.25, -0.2) is 0 Å². The van der Waals surface area contributed by atoms with Crippen molar-refractivity contribution in [2.75, 3.05) is 31.1 Å². The number of aryl methyl sites for hydroxylation is 2. The highest BCUT2D eigenvalue weighted by Gasteiger charge is 2.27. The fourth-order valence-corrected chi connectivity index (χ4v) is 6.05. The van der Waals surface area contributed by atoms with Gasteiger partial charge in [-0.2, -0.15) is 0 Å². The fraction of sp³-hybridized carbons (Fsp3) is 0.522. The maximum absolute atomic E-state index is 13.1. The number of hydrogen-bond donors (Lipinski definition) is 0. The van der Waals surface area contributed by atoms with E-state index in [0.717, 1.165) is 49.6 Å². The number of rotatable bonds is 5. The van der Waals surface area contributed by atoms with Crippen molar-refractivity contribution in [2.45, 2.75) is 52.0 Å². The smallest absolute Gasteiger partial charge is 0.165 e. The summed E-state index contributed by atoms with van der Waals surface area (Å²) in [6.45, 7) is 8.32. The second-order valence-corrected chi connectivity index (χ2v) is 9.86. The van der Waals surface area contributed by atoms with Crippen LogP contribution in [0.1, 0.15) is 51.9 Å². The van der Waals surface area contributed by atoms with E-state index >= 15 is 0 Å². The van der Waals surface area contributed by atoms with Crippen LogP contribution < -0.4 is 4.90 Å². The van der Waals surface area contributed by atoms with Gasteiger partial charge >= 0.3 is 0 Å². The van der Waals surface area contributed by atoms with E-state index in [4.69, 9.17) is 11.6 Å². The average Bonchev–Trinajstić information content (AvgIpc) is 3.04. The predicted octanol–water partition coefficient (Wildman–Crippen LogP) is 5.37. The molecular weight excluding hydrogens is 388 g/mol. The average molecular weight is 417 g/mol. The maximum Gasteiger partial charge on any atom is 0.165 e. The van der Waals surface area contributed by atoms with Crippen molar-refractivity contribution in [3.8, 4) is 0 Å². The van der Waals surface area contributed by atoms with Crippen LogP contribution in [0, 0.1) is 6.92 Å². The van der Waals surface area contributed by atoms with Gasteiger partial charge in [0.25, 0.3) is 0 Å². The summed E-state index contributed by atoms with van der Waals surface area (Å²) in [6.07, 6.45) is 5.39. The Kier molecular flexibility index (Phi) is 6.10. The molecule has 5 heteroatoms. The zero-order valence-corrected chi connectivity index (χ0v) is 18.4. The minimum absolute atomic E-state index is 0.290. The van der Waals surface area contributed by atoms with Crippen molar-refractivity contribution in [3.05, 3.63) is 50.2 Å². The number of benzene rings is 1. The summed E-state index contributed by atoms with van der Waals surface area (Å²) in [5.74, 6) is 0.351. The molecule has 1 saturated heterocycles. The lowest BCUT2D eigenvalue weighted by atomic mass is 9.91. The molecule has 0 amide bonds. The highest BCUT2D eigenvalue weighted by atomic mass is 35.5. The number of ketones is 1. The monoisotopic (exact) mass is 416 g/mol. The summed E-state index contributed by atoms with van der Waals surface area (Å²) in [4.78, 5) is 20.7. The van der Waals surface area contributed by atoms with Crippen molar-refractivity contribution in [3.63, 3.8) is 0 Å². The summed E-state index contributed by atoms with van der Waals surface area (Å²) in [5.41, 5.74) is 3.66. The van der Waals surface area contributed by atoms with Gasteiger partial charge in [-0.3, -0.25) is 9.69 Å². The normalized spacial score (nSPS) is 18.8. The molecule has 1 aromatic heterocycles. The van der Waals surface area contributed by atoms with Crippen LogP contribution in [-0.4, -0.2) is 42.9 Å². The first-order valence-electron chi connectivity index (χ1n) is 10.4. The van der Waals surface area contributed by atoms with Crippen LogP contribution in [0.3, 0.4) is 0 Å². The molecule has 1 aromatic carbocycles. The predicted molar refractivity (Wildman–Crippen MR) is 119 cm³/mol. The number of halogens is 1. The molecule has 2 aromatic rings. The van der Waals surface area contributed by atoms with Crippen molar-refractivity contribution in [2.24, 2.45) is 0 Å². The number of thiophene rings is 1. The van der Waals surface area contributed by atoms with Crippen LogP contribution in [0.5, 0.6) is 0 Å². The molecule has 3 nitrogen and oxygen atoms in total. The molecule has 0 spiro atoms. The molecule has 28 heavy (non-hydrogen) atoms. The van der Waals surface area contributed by atoms with Gasteiger partial charge in [-0.1, -0.05) is 11.6 Å². The summed E-state index contributed by atoms with van der Waals surface area (Å²) >= 11 is 7.86. The SMILES string of the molecule is Cc1sc2c(c1C(=O)CC(C)N1CCN(c3ccc(Cl)cc3)CC1)CCCC2. The number of Topliss-reactive ketones (excluding diaryl/α,β-unsaturated/α-hetero) is 1. The molecule has 1 unspecified atom stereocenters. The van der Waals surface area contributed by atoms with Gasteiger partial charge < -0.3 is 4.90 Å². The summed E-state index contributed by atoms with van der Waals surface area (Å²) < 4.78 is 0. The first-order chi connectivity index (χ1) is 13.5. The number of piperazine rings is 1. The van der Waals surface area contributed by atoms with Gasteiger partial charge in [-0.05, 0) is 69.4 Å². The summed E-state index contributed by atoms with van der Waals surface area (Å²) in [5, 5.41) is 0.778. The molecule has 0 bridgehead atoms. The minimum atomic E-state index is 0.290. The van der Waals surface area contributed by atoms with Crippen molar-refractivity contribution < 1.29 is 4.79 Å². The summed E-state index contributed by atoms with van der Waals surface area (Å²) in [6, 6.07) is 8.38. The van der Waals surface area contributed by atoms with E-state index in [1.807, 2.05) is 23.5 Å². The van der Waals surface area contributed by atoms with Crippen LogP contribution in [0.15, 0.2) is 24.3 Å². The number of fused-ring (bicyclic) bond motifs is 1. The Labute approximate surface area is 177 Å². The van der Waals surface area contributed by atoms with Crippen LogP contribution in [-0.2, 0) is 12.8 Å². The lowest BCUT2D eigenvalue weighted by molar-refractivity contribution is 0.0922.